The van der Waals surface area contributed by atoms with Gasteiger partial charge >= 0.3 is 0 Å². The van der Waals surface area contributed by atoms with Crippen LogP contribution >= 0.6 is 11.3 Å². The lowest BCUT2D eigenvalue weighted by Gasteiger charge is -2.39. The molecule has 2 fully saturated rings. The lowest BCUT2D eigenvalue weighted by Crippen LogP contribution is -2.53. The molecule has 228 valence electrons. The Balaban J connectivity index is 1.58. The second kappa shape index (κ2) is 13.6. The Morgan fingerprint density at radius 3 is 2.67 bits per heavy atom. The van der Waals surface area contributed by atoms with Crippen LogP contribution in [-0.4, -0.2) is 76.2 Å². The Bertz CT molecular complexity index is 1340. The van der Waals surface area contributed by atoms with Crippen molar-refractivity contribution in [2.45, 2.75) is 70.5 Å². The van der Waals surface area contributed by atoms with Gasteiger partial charge in [-0.15, -0.1) is 0 Å². The molecule has 1 aliphatic heterocycles. The Kier molecular flexibility index (Phi) is 10.2. The quantitative estimate of drug-likeness (QED) is 0.329. The highest BCUT2D eigenvalue weighted by Crippen LogP contribution is 2.36. The van der Waals surface area contributed by atoms with Crippen LogP contribution in [0.1, 0.15) is 73.9 Å². The van der Waals surface area contributed by atoms with Gasteiger partial charge < -0.3 is 25.6 Å². The van der Waals surface area contributed by atoms with E-state index in [-0.39, 0.29) is 36.0 Å². The molecule has 3 N–H and O–H groups in total. The number of anilines is 1. The van der Waals surface area contributed by atoms with Crippen LogP contribution in [0.3, 0.4) is 0 Å². The number of amides is 1. The maximum atomic E-state index is 14.3. The molecule has 14 heteroatoms. The van der Waals surface area contributed by atoms with Gasteiger partial charge in [0.1, 0.15) is 17.3 Å². The Morgan fingerprint density at radius 2 is 2.02 bits per heavy atom. The van der Waals surface area contributed by atoms with Crippen LogP contribution in [0.25, 0.3) is 0 Å². The molecular weight excluding hydrogens is 568 g/mol. The van der Waals surface area contributed by atoms with E-state index >= 15 is 0 Å². The normalized spacial score (nSPS) is 21.6. The first-order chi connectivity index (χ1) is 20.1. The van der Waals surface area contributed by atoms with Gasteiger partial charge in [-0.05, 0) is 44.6 Å². The fourth-order valence-electron chi connectivity index (χ4n) is 5.49. The standard InChI is InChI=1S/C28H37F2N7O4S/c1-17(2)37-21(9-10-33-37)26(40)35-25(19-7-5-18(3)6-8-19)20(12-38)34-27-31-11-23(42-27)22(14-41-4)36-16-28(29,30)15-32-24(36)13-39/h9-11,17-19,22,25,32H,5-8,14-16H2,1-4H3,(H,31,34)(H,35,40)/t18?,19?,22?,25-/m0/s1. The third kappa shape index (κ3) is 7.25. The summed E-state index contributed by atoms with van der Waals surface area (Å²) < 4.78 is 35.5. The Hall–Kier alpha value is -3.57. The van der Waals surface area contributed by atoms with E-state index in [9.17, 15) is 23.2 Å². The third-order valence-corrected chi connectivity index (χ3v) is 8.74. The maximum Gasteiger partial charge on any atom is 0.282 e. The van der Waals surface area contributed by atoms with Crippen molar-refractivity contribution in [1.29, 1.82) is 0 Å². The lowest BCUT2D eigenvalue weighted by molar-refractivity contribution is -0.0589. The second-order valence-electron chi connectivity index (χ2n) is 11.2. The Morgan fingerprint density at radius 1 is 1.29 bits per heavy atom. The number of hydrogen-bond donors (Lipinski definition) is 3. The fourth-order valence-corrected chi connectivity index (χ4v) is 6.42. The first-order valence-electron chi connectivity index (χ1n) is 14.0. The number of ether oxygens (including phenoxy) is 1. The summed E-state index contributed by atoms with van der Waals surface area (Å²) >= 11 is 1.13. The molecule has 0 bridgehead atoms. The van der Waals surface area contributed by atoms with E-state index in [0.717, 1.165) is 37.0 Å². The van der Waals surface area contributed by atoms with E-state index < -0.39 is 31.1 Å². The van der Waals surface area contributed by atoms with Crippen LogP contribution in [0.2, 0.25) is 0 Å². The van der Waals surface area contributed by atoms with Crippen molar-refractivity contribution in [2.75, 3.05) is 32.1 Å². The molecule has 0 aromatic carbocycles. The van der Waals surface area contributed by atoms with Crippen LogP contribution in [0.15, 0.2) is 30.0 Å². The molecule has 11 nitrogen and oxygen atoms in total. The molecule has 0 radical (unpaired) electrons. The number of aromatic nitrogens is 3. The number of alkyl halides is 2. The number of nitrogens with zero attached hydrogens (tertiary/aromatic N) is 4. The van der Waals surface area contributed by atoms with E-state index in [4.69, 9.17) is 4.74 Å². The highest BCUT2D eigenvalue weighted by Gasteiger charge is 2.41. The number of carbonyl (C=O) groups is 1. The number of methoxy groups -OCH3 is 1. The van der Waals surface area contributed by atoms with Crippen molar-refractivity contribution >= 4 is 34.3 Å². The second-order valence-corrected chi connectivity index (χ2v) is 12.3. The molecule has 4 rings (SSSR count). The van der Waals surface area contributed by atoms with Gasteiger partial charge in [-0.3, -0.25) is 9.48 Å². The topological polar surface area (TPSA) is 130 Å². The zero-order valence-electron chi connectivity index (χ0n) is 24.2. The molecule has 42 heavy (non-hydrogen) atoms. The van der Waals surface area contributed by atoms with Crippen LogP contribution in [0, 0.1) is 11.8 Å². The molecule has 1 saturated carbocycles. The molecule has 3 heterocycles. The minimum atomic E-state index is -3.07. The summed E-state index contributed by atoms with van der Waals surface area (Å²) in [7, 11) is 1.43. The van der Waals surface area contributed by atoms with Crippen molar-refractivity contribution in [2.24, 2.45) is 11.8 Å². The lowest BCUT2D eigenvalue weighted by atomic mass is 9.78. The molecule has 1 amide bonds. The van der Waals surface area contributed by atoms with Crippen LogP contribution < -0.4 is 16.0 Å². The number of rotatable bonds is 11. The van der Waals surface area contributed by atoms with Gasteiger partial charge in [-0.2, -0.15) is 5.10 Å². The van der Waals surface area contributed by atoms with Crippen molar-refractivity contribution in [3.8, 4) is 0 Å². The summed E-state index contributed by atoms with van der Waals surface area (Å²) in [5.74, 6) is 0.721. The van der Waals surface area contributed by atoms with Crippen LogP contribution in [-0.2, 0) is 14.3 Å². The van der Waals surface area contributed by atoms with E-state index in [1.807, 2.05) is 19.8 Å². The molecule has 1 saturated heterocycles. The smallest absolute Gasteiger partial charge is 0.282 e. The van der Waals surface area contributed by atoms with Crippen LogP contribution in [0.4, 0.5) is 13.9 Å². The summed E-state index contributed by atoms with van der Waals surface area (Å²) in [5.41, 5.74) is 0.511. The summed E-state index contributed by atoms with van der Waals surface area (Å²) in [6.07, 6.45) is 6.62. The molecule has 2 aromatic heterocycles. The summed E-state index contributed by atoms with van der Waals surface area (Å²) in [4.78, 5) is 43.4. The summed E-state index contributed by atoms with van der Waals surface area (Å²) in [6.45, 7) is 4.68. The van der Waals surface area contributed by atoms with Crippen molar-refractivity contribution in [3.63, 3.8) is 0 Å². The molecule has 0 spiro atoms. The molecule has 2 atom stereocenters. The van der Waals surface area contributed by atoms with Gasteiger partial charge in [-0.25, -0.2) is 23.4 Å². The predicted molar refractivity (Wildman–Crippen MR) is 153 cm³/mol. The average Bonchev–Trinajstić information content (AvgIpc) is 3.64. The number of halogens is 2. The van der Waals surface area contributed by atoms with Crippen molar-refractivity contribution in [3.05, 3.63) is 40.5 Å². The molecule has 2 aliphatic rings. The van der Waals surface area contributed by atoms with Gasteiger partial charge in [0.25, 0.3) is 11.8 Å². The first-order valence-corrected chi connectivity index (χ1v) is 14.8. The average molecular weight is 606 g/mol. The van der Waals surface area contributed by atoms with Crippen molar-refractivity contribution < 1.29 is 27.9 Å². The summed E-state index contributed by atoms with van der Waals surface area (Å²) in [5, 5.41) is 13.1. The van der Waals surface area contributed by atoms with E-state index in [1.54, 1.807) is 22.9 Å². The molecule has 1 aliphatic carbocycles. The minimum Gasteiger partial charge on any atom is -0.382 e. The number of hydrogen-bond acceptors (Lipinski definition) is 10. The highest BCUT2D eigenvalue weighted by atomic mass is 32.1. The largest absolute Gasteiger partial charge is 0.382 e. The molecule has 1 unspecified atom stereocenters. The van der Waals surface area contributed by atoms with Gasteiger partial charge in [0, 0.05) is 25.5 Å². The Labute approximate surface area is 247 Å². The fraction of sp³-hybridized carbons (Fsp3) is 0.607. The summed E-state index contributed by atoms with van der Waals surface area (Å²) in [6, 6.07) is 0.187. The van der Waals surface area contributed by atoms with E-state index in [2.05, 4.69) is 33.0 Å². The zero-order valence-corrected chi connectivity index (χ0v) is 25.0. The van der Waals surface area contributed by atoms with E-state index in [1.165, 1.54) is 18.2 Å². The van der Waals surface area contributed by atoms with Crippen molar-refractivity contribution in [1.82, 2.24) is 30.3 Å². The SMILES string of the molecule is COCC(c1cnc(NC(=C=O)[C@@H](NC(=O)c2ccnn2C(C)C)C2CCC(C)CC2)s1)N1CC(F)(F)CNC1=C=O. The van der Waals surface area contributed by atoms with Gasteiger partial charge in [-0.1, -0.05) is 31.1 Å². The van der Waals surface area contributed by atoms with Gasteiger partial charge in [0.15, 0.2) is 16.9 Å². The van der Waals surface area contributed by atoms with Crippen LogP contribution in [0.5, 0.6) is 0 Å². The third-order valence-electron chi connectivity index (χ3n) is 7.73. The highest BCUT2D eigenvalue weighted by molar-refractivity contribution is 7.15. The van der Waals surface area contributed by atoms with E-state index in [0.29, 0.717) is 21.6 Å². The number of carbonyl (C=O) groups excluding carboxylic acids is 3. The zero-order chi connectivity index (χ0) is 30.4. The predicted octanol–water partition coefficient (Wildman–Crippen LogP) is 3.57. The van der Waals surface area contributed by atoms with Gasteiger partial charge in [0.2, 0.25) is 0 Å². The van der Waals surface area contributed by atoms with Gasteiger partial charge in [0.05, 0.1) is 36.7 Å². The maximum absolute atomic E-state index is 14.3. The monoisotopic (exact) mass is 605 g/mol. The number of nitrogens with one attached hydrogen (secondary N) is 3. The molecular formula is C28H37F2N7O4S. The molecule has 2 aromatic rings. The first kappa shape index (κ1) is 31.4. The minimum absolute atomic E-state index is 0.00340. The number of thiazole rings is 1.